The molecule has 0 amide bonds. The van der Waals surface area contributed by atoms with E-state index in [4.69, 9.17) is 10.5 Å². The van der Waals surface area contributed by atoms with Gasteiger partial charge in [0.25, 0.3) is 0 Å². The molecule has 18 heavy (non-hydrogen) atoms. The molecule has 1 heterocycles. The van der Waals surface area contributed by atoms with Gasteiger partial charge in [0.2, 0.25) is 0 Å². The molecule has 1 aromatic heterocycles. The van der Waals surface area contributed by atoms with Crippen molar-refractivity contribution < 1.29 is 4.74 Å². The van der Waals surface area contributed by atoms with Crippen LogP contribution in [-0.2, 0) is 17.9 Å². The Kier molecular flexibility index (Phi) is 5.75. The second kappa shape index (κ2) is 6.85. The lowest BCUT2D eigenvalue weighted by Crippen LogP contribution is -2.39. The fraction of sp³-hybridized carbons (Fsp3) is 0.846. The molecule has 0 aliphatic heterocycles. The monoisotopic (exact) mass is 254 g/mol. The zero-order valence-corrected chi connectivity index (χ0v) is 12.0. The highest BCUT2D eigenvalue weighted by atomic mass is 16.5. The lowest BCUT2D eigenvalue weighted by molar-refractivity contribution is -0.0591. The van der Waals surface area contributed by atoms with E-state index in [1.807, 2.05) is 4.68 Å². The normalized spacial score (nSPS) is 12.3. The van der Waals surface area contributed by atoms with E-state index >= 15 is 0 Å². The molecule has 0 saturated heterocycles. The van der Waals surface area contributed by atoms with Gasteiger partial charge in [-0.05, 0) is 18.8 Å². The molecule has 0 aliphatic rings. The molecule has 1 aromatic rings. The van der Waals surface area contributed by atoms with Crippen LogP contribution in [0.15, 0.2) is 6.33 Å². The van der Waals surface area contributed by atoms with E-state index in [0.717, 1.165) is 25.2 Å². The SMILES string of the molecule is CCC(CC)(CN)OCc1ncnn1CC(C)C. The molecule has 1 rings (SSSR count). The van der Waals surface area contributed by atoms with E-state index in [9.17, 15) is 0 Å². The molecule has 104 valence electrons. The van der Waals surface area contributed by atoms with Crippen LogP contribution in [0.1, 0.15) is 46.4 Å². The Morgan fingerprint density at radius 2 is 2.06 bits per heavy atom. The van der Waals surface area contributed by atoms with E-state index in [1.54, 1.807) is 6.33 Å². The first kappa shape index (κ1) is 15.1. The number of hydrogen-bond acceptors (Lipinski definition) is 4. The summed E-state index contributed by atoms with van der Waals surface area (Å²) in [5.41, 5.74) is 5.59. The predicted octanol–water partition coefficient (Wildman–Crippen LogP) is 1.97. The van der Waals surface area contributed by atoms with Gasteiger partial charge >= 0.3 is 0 Å². The molecule has 0 saturated carbocycles. The fourth-order valence-electron chi connectivity index (χ4n) is 1.92. The summed E-state index contributed by atoms with van der Waals surface area (Å²) < 4.78 is 7.91. The minimum absolute atomic E-state index is 0.228. The molecule has 5 heteroatoms. The Hall–Kier alpha value is -0.940. The number of ether oxygens (including phenoxy) is 1. The number of nitrogens with zero attached hydrogens (tertiary/aromatic N) is 3. The molecule has 0 aromatic carbocycles. The maximum absolute atomic E-state index is 6.00. The third-order valence-electron chi connectivity index (χ3n) is 3.40. The molecule has 0 atom stereocenters. The van der Waals surface area contributed by atoms with Gasteiger partial charge in [-0.2, -0.15) is 5.10 Å². The minimum Gasteiger partial charge on any atom is -0.366 e. The quantitative estimate of drug-likeness (QED) is 0.770. The van der Waals surface area contributed by atoms with Gasteiger partial charge in [-0.1, -0.05) is 27.7 Å². The predicted molar refractivity (Wildman–Crippen MR) is 72.0 cm³/mol. The standard InChI is InChI=1S/C13H26N4O/c1-5-13(6-2,9-14)18-8-12-15-10-16-17(12)7-11(3)4/h10-11H,5-9,14H2,1-4H3. The zero-order chi connectivity index (χ0) is 13.6. The summed E-state index contributed by atoms with van der Waals surface area (Å²) in [4.78, 5) is 4.26. The van der Waals surface area contributed by atoms with E-state index < -0.39 is 0 Å². The highest BCUT2D eigenvalue weighted by molar-refractivity contribution is 4.85. The molecule has 0 radical (unpaired) electrons. The van der Waals surface area contributed by atoms with Crippen LogP contribution in [0.3, 0.4) is 0 Å². The molecule has 5 nitrogen and oxygen atoms in total. The number of hydrogen-bond donors (Lipinski definition) is 1. The van der Waals surface area contributed by atoms with Gasteiger partial charge in [-0.15, -0.1) is 0 Å². The van der Waals surface area contributed by atoms with Crippen molar-refractivity contribution in [2.45, 2.75) is 59.3 Å². The smallest absolute Gasteiger partial charge is 0.152 e. The van der Waals surface area contributed by atoms with Crippen LogP contribution in [0.5, 0.6) is 0 Å². The summed E-state index contributed by atoms with van der Waals surface area (Å²) in [5.74, 6) is 1.42. The van der Waals surface area contributed by atoms with E-state index in [-0.39, 0.29) is 5.60 Å². The molecular formula is C13H26N4O. The molecule has 2 N–H and O–H groups in total. The highest BCUT2D eigenvalue weighted by Crippen LogP contribution is 2.20. The Morgan fingerprint density at radius 1 is 1.39 bits per heavy atom. The van der Waals surface area contributed by atoms with Crippen LogP contribution < -0.4 is 5.73 Å². The summed E-state index contributed by atoms with van der Waals surface area (Å²) in [6.07, 6.45) is 3.42. The Labute approximate surface area is 110 Å². The molecule has 0 aliphatic carbocycles. The van der Waals surface area contributed by atoms with Crippen molar-refractivity contribution in [1.82, 2.24) is 14.8 Å². The van der Waals surface area contributed by atoms with Crippen molar-refractivity contribution in [2.24, 2.45) is 11.7 Å². The lowest BCUT2D eigenvalue weighted by atomic mass is 9.97. The van der Waals surface area contributed by atoms with Crippen LogP contribution in [0.2, 0.25) is 0 Å². The van der Waals surface area contributed by atoms with Gasteiger partial charge < -0.3 is 10.5 Å². The Morgan fingerprint density at radius 3 is 2.56 bits per heavy atom. The van der Waals surface area contributed by atoms with Crippen LogP contribution in [-0.4, -0.2) is 26.9 Å². The Bertz CT molecular complexity index is 336. The van der Waals surface area contributed by atoms with Gasteiger partial charge in [0.15, 0.2) is 5.82 Å². The molecule has 0 unspecified atom stereocenters. The van der Waals surface area contributed by atoms with Crippen molar-refractivity contribution in [2.75, 3.05) is 6.54 Å². The van der Waals surface area contributed by atoms with E-state index in [0.29, 0.717) is 19.1 Å². The summed E-state index contributed by atoms with van der Waals surface area (Å²) in [6, 6.07) is 0. The summed E-state index contributed by atoms with van der Waals surface area (Å²) in [5, 5.41) is 4.23. The van der Waals surface area contributed by atoms with Gasteiger partial charge in [0.05, 0.1) is 5.60 Å². The maximum atomic E-state index is 6.00. The largest absolute Gasteiger partial charge is 0.366 e. The zero-order valence-electron chi connectivity index (χ0n) is 12.0. The first-order valence-electron chi connectivity index (χ1n) is 6.77. The van der Waals surface area contributed by atoms with Gasteiger partial charge in [-0.3, -0.25) is 0 Å². The molecule has 0 fully saturated rings. The molecular weight excluding hydrogens is 228 g/mol. The second-order valence-electron chi connectivity index (χ2n) is 5.14. The van der Waals surface area contributed by atoms with Crippen molar-refractivity contribution in [3.05, 3.63) is 12.2 Å². The second-order valence-corrected chi connectivity index (χ2v) is 5.14. The number of rotatable bonds is 8. The topological polar surface area (TPSA) is 66.0 Å². The summed E-state index contributed by atoms with van der Waals surface area (Å²) >= 11 is 0. The van der Waals surface area contributed by atoms with Crippen molar-refractivity contribution in [3.8, 4) is 0 Å². The highest BCUT2D eigenvalue weighted by Gasteiger charge is 2.25. The van der Waals surface area contributed by atoms with E-state index in [2.05, 4.69) is 37.8 Å². The van der Waals surface area contributed by atoms with Gasteiger partial charge in [0, 0.05) is 13.1 Å². The van der Waals surface area contributed by atoms with Crippen LogP contribution in [0.4, 0.5) is 0 Å². The summed E-state index contributed by atoms with van der Waals surface area (Å²) in [7, 11) is 0. The van der Waals surface area contributed by atoms with Crippen molar-refractivity contribution in [1.29, 1.82) is 0 Å². The first-order chi connectivity index (χ1) is 8.56. The van der Waals surface area contributed by atoms with Crippen LogP contribution >= 0.6 is 0 Å². The lowest BCUT2D eigenvalue weighted by Gasteiger charge is -2.30. The average molecular weight is 254 g/mol. The Balaban J connectivity index is 2.65. The third kappa shape index (κ3) is 3.78. The molecule has 0 bridgehead atoms. The third-order valence-corrected chi connectivity index (χ3v) is 3.40. The molecule has 0 spiro atoms. The van der Waals surface area contributed by atoms with Gasteiger partial charge in [0.1, 0.15) is 12.9 Å². The average Bonchev–Trinajstić information content (AvgIpc) is 2.78. The minimum atomic E-state index is -0.228. The van der Waals surface area contributed by atoms with Crippen LogP contribution in [0.25, 0.3) is 0 Å². The first-order valence-corrected chi connectivity index (χ1v) is 6.77. The van der Waals surface area contributed by atoms with E-state index in [1.165, 1.54) is 0 Å². The number of aromatic nitrogens is 3. The fourth-order valence-corrected chi connectivity index (χ4v) is 1.92. The number of nitrogens with two attached hydrogens (primary N) is 1. The van der Waals surface area contributed by atoms with Gasteiger partial charge in [-0.25, -0.2) is 9.67 Å². The van der Waals surface area contributed by atoms with Crippen LogP contribution in [0, 0.1) is 5.92 Å². The summed E-state index contributed by atoms with van der Waals surface area (Å²) in [6.45, 7) is 10.4. The van der Waals surface area contributed by atoms with Crippen molar-refractivity contribution in [3.63, 3.8) is 0 Å². The van der Waals surface area contributed by atoms with Crippen molar-refractivity contribution >= 4 is 0 Å². The maximum Gasteiger partial charge on any atom is 0.152 e.